The molecule has 0 N–H and O–H groups in total. The van der Waals surface area contributed by atoms with Gasteiger partial charge in [-0.2, -0.15) is 0 Å². The van der Waals surface area contributed by atoms with E-state index >= 15 is 0 Å². The number of fused-ring (bicyclic) bond motifs is 1. The fraction of sp³-hybridized carbons (Fsp3) is 0.286. The number of hydrogen-bond acceptors (Lipinski definition) is 2. The van der Waals surface area contributed by atoms with Crippen LogP contribution >= 0.6 is 15.9 Å². The minimum atomic E-state index is -0.335. The van der Waals surface area contributed by atoms with E-state index in [2.05, 4.69) is 38.7 Å². The van der Waals surface area contributed by atoms with Crippen molar-refractivity contribution in [2.24, 2.45) is 0 Å². The van der Waals surface area contributed by atoms with Crippen molar-refractivity contribution in [1.29, 1.82) is 0 Å². The highest BCUT2D eigenvalue weighted by Gasteiger charge is 2.13. The van der Waals surface area contributed by atoms with Crippen LogP contribution in [0.1, 0.15) is 18.4 Å². The van der Waals surface area contributed by atoms with E-state index in [1.165, 1.54) is 17.5 Å². The van der Waals surface area contributed by atoms with Crippen LogP contribution in [0.4, 0.5) is 4.39 Å². The number of ether oxygens (including phenoxy) is 1. The van der Waals surface area contributed by atoms with Gasteiger partial charge in [-0.25, -0.2) is 4.39 Å². The predicted molar refractivity (Wildman–Crippen MR) is 108 cm³/mol. The van der Waals surface area contributed by atoms with Gasteiger partial charge in [-0.15, -0.1) is 0 Å². The first kappa shape index (κ1) is 19.4. The Hall–Kier alpha value is -2.34. The number of rotatable bonds is 7. The van der Waals surface area contributed by atoms with Gasteiger partial charge in [0.05, 0.1) is 7.11 Å². The number of nitrogens with zero attached hydrogens (tertiary/aromatic N) is 2. The third-order valence-electron chi connectivity index (χ3n) is 4.60. The highest BCUT2D eigenvalue weighted by molar-refractivity contribution is 9.10. The van der Waals surface area contributed by atoms with Crippen molar-refractivity contribution < 1.29 is 13.9 Å². The maximum absolute atomic E-state index is 13.5. The molecule has 3 aromatic rings. The van der Waals surface area contributed by atoms with E-state index < -0.39 is 0 Å². The molecule has 0 saturated heterocycles. The Morgan fingerprint density at radius 1 is 1.22 bits per heavy atom. The summed E-state index contributed by atoms with van der Waals surface area (Å²) >= 11 is 3.48. The minimum absolute atomic E-state index is 0.0283. The van der Waals surface area contributed by atoms with Crippen LogP contribution in [0.5, 0.6) is 5.75 Å². The lowest BCUT2D eigenvalue weighted by Crippen LogP contribution is -2.26. The van der Waals surface area contributed by atoms with E-state index in [1.54, 1.807) is 25.1 Å². The highest BCUT2D eigenvalue weighted by atomic mass is 79.9. The van der Waals surface area contributed by atoms with Crippen molar-refractivity contribution in [1.82, 2.24) is 9.47 Å². The lowest BCUT2D eigenvalue weighted by Gasteiger charge is -2.19. The highest BCUT2D eigenvalue weighted by Crippen LogP contribution is 2.22. The molecule has 27 heavy (non-hydrogen) atoms. The van der Waals surface area contributed by atoms with Crippen molar-refractivity contribution in [3.8, 4) is 5.75 Å². The number of benzene rings is 2. The molecule has 1 amide bonds. The summed E-state index contributed by atoms with van der Waals surface area (Å²) in [5, 5.41) is 1.17. The van der Waals surface area contributed by atoms with Gasteiger partial charge in [-0.3, -0.25) is 4.79 Å². The number of aromatic nitrogens is 1. The Balaban J connectivity index is 1.56. The second kappa shape index (κ2) is 8.57. The Morgan fingerprint density at radius 3 is 2.81 bits per heavy atom. The molecule has 6 heteroatoms. The van der Waals surface area contributed by atoms with Gasteiger partial charge >= 0.3 is 0 Å². The van der Waals surface area contributed by atoms with Crippen molar-refractivity contribution in [3.05, 3.63) is 64.5 Å². The molecular weight excluding hydrogens is 411 g/mol. The van der Waals surface area contributed by atoms with E-state index in [4.69, 9.17) is 4.74 Å². The van der Waals surface area contributed by atoms with Gasteiger partial charge in [0.25, 0.3) is 0 Å². The normalized spacial score (nSPS) is 11.0. The quantitative estimate of drug-likeness (QED) is 0.526. The number of halogens is 2. The number of methoxy groups -OCH3 is 1. The number of carbonyl (C=O) groups excluding carboxylic acids is 1. The average molecular weight is 433 g/mol. The molecule has 0 spiro atoms. The van der Waals surface area contributed by atoms with Crippen LogP contribution in [0.25, 0.3) is 10.9 Å². The fourth-order valence-corrected chi connectivity index (χ4v) is 3.55. The smallest absolute Gasteiger partial charge is 0.222 e. The van der Waals surface area contributed by atoms with E-state index in [1.807, 2.05) is 12.3 Å². The second-order valence-electron chi connectivity index (χ2n) is 6.52. The summed E-state index contributed by atoms with van der Waals surface area (Å²) in [7, 11) is 3.27. The Kier molecular flexibility index (Phi) is 6.16. The standard InChI is InChI=1S/C21H22BrFN2O2/c1-24(14-16-13-18(23)6-8-20(16)27-2)21(26)4-3-10-25-11-9-15-12-17(22)5-7-19(15)25/h5-9,11-13H,3-4,10,14H2,1-2H3. The molecule has 4 nitrogen and oxygen atoms in total. The molecule has 1 heterocycles. The van der Waals surface area contributed by atoms with Crippen molar-refractivity contribution in [2.75, 3.05) is 14.2 Å². The van der Waals surface area contributed by atoms with Crippen molar-refractivity contribution in [3.63, 3.8) is 0 Å². The Bertz CT molecular complexity index is 955. The van der Waals surface area contributed by atoms with Gasteiger partial charge in [0.15, 0.2) is 0 Å². The van der Waals surface area contributed by atoms with Gasteiger partial charge in [0.1, 0.15) is 11.6 Å². The maximum Gasteiger partial charge on any atom is 0.222 e. The summed E-state index contributed by atoms with van der Waals surface area (Å²) in [5.74, 6) is 0.277. The average Bonchev–Trinajstić information content (AvgIpc) is 3.03. The van der Waals surface area contributed by atoms with Gasteiger partial charge in [-0.1, -0.05) is 15.9 Å². The number of aryl methyl sites for hydroxylation is 1. The van der Waals surface area contributed by atoms with Crippen LogP contribution < -0.4 is 4.74 Å². The summed E-state index contributed by atoms with van der Waals surface area (Å²) in [6, 6.07) is 12.6. The topological polar surface area (TPSA) is 34.5 Å². The molecule has 3 rings (SSSR count). The maximum atomic E-state index is 13.5. The molecule has 0 unspecified atom stereocenters. The molecule has 0 atom stereocenters. The minimum Gasteiger partial charge on any atom is -0.496 e. The first-order chi connectivity index (χ1) is 13.0. The summed E-state index contributed by atoms with van der Waals surface area (Å²) in [4.78, 5) is 14.1. The zero-order chi connectivity index (χ0) is 19.4. The molecule has 0 bridgehead atoms. The van der Waals surface area contributed by atoms with Crippen LogP contribution in [-0.2, 0) is 17.9 Å². The third-order valence-corrected chi connectivity index (χ3v) is 5.09. The Labute approximate surface area is 166 Å². The SMILES string of the molecule is COc1ccc(F)cc1CN(C)C(=O)CCCn1ccc2cc(Br)ccc21. The van der Waals surface area contributed by atoms with Crippen LogP contribution in [0.2, 0.25) is 0 Å². The van der Waals surface area contributed by atoms with Gasteiger partial charge in [-0.05, 0) is 48.9 Å². The first-order valence-corrected chi connectivity index (χ1v) is 9.58. The molecule has 142 valence electrons. The summed E-state index contributed by atoms with van der Waals surface area (Å²) in [6.45, 7) is 1.09. The van der Waals surface area contributed by atoms with E-state index in [-0.39, 0.29) is 11.7 Å². The zero-order valence-corrected chi connectivity index (χ0v) is 17.0. The molecule has 0 radical (unpaired) electrons. The molecule has 2 aromatic carbocycles. The van der Waals surface area contributed by atoms with Crippen LogP contribution in [-0.4, -0.2) is 29.5 Å². The first-order valence-electron chi connectivity index (χ1n) is 8.78. The van der Waals surface area contributed by atoms with Crippen molar-refractivity contribution in [2.45, 2.75) is 25.9 Å². The largest absolute Gasteiger partial charge is 0.496 e. The monoisotopic (exact) mass is 432 g/mol. The number of hydrogen-bond donors (Lipinski definition) is 0. The van der Waals surface area contributed by atoms with Gasteiger partial charge in [0, 0.05) is 53.7 Å². The van der Waals surface area contributed by atoms with E-state index in [9.17, 15) is 9.18 Å². The zero-order valence-electron chi connectivity index (χ0n) is 15.4. The summed E-state index contributed by atoms with van der Waals surface area (Å²) in [6.07, 6.45) is 3.22. The summed E-state index contributed by atoms with van der Waals surface area (Å²) < 4.78 is 21.9. The van der Waals surface area contributed by atoms with E-state index in [0.717, 1.165) is 23.0 Å². The number of carbonyl (C=O) groups is 1. The van der Waals surface area contributed by atoms with Crippen molar-refractivity contribution >= 4 is 32.7 Å². The van der Waals surface area contributed by atoms with Crippen LogP contribution in [0.3, 0.4) is 0 Å². The van der Waals surface area contributed by atoms with E-state index in [0.29, 0.717) is 24.3 Å². The molecule has 0 aliphatic rings. The van der Waals surface area contributed by atoms with Gasteiger partial charge in [0.2, 0.25) is 5.91 Å². The Morgan fingerprint density at radius 2 is 2.04 bits per heavy atom. The molecule has 0 aliphatic heterocycles. The number of amides is 1. The second-order valence-corrected chi connectivity index (χ2v) is 7.44. The van der Waals surface area contributed by atoms with Crippen LogP contribution in [0, 0.1) is 5.82 Å². The molecule has 0 saturated carbocycles. The molecule has 0 fully saturated rings. The molecule has 1 aromatic heterocycles. The van der Waals surface area contributed by atoms with Gasteiger partial charge < -0.3 is 14.2 Å². The third kappa shape index (κ3) is 4.69. The lowest BCUT2D eigenvalue weighted by molar-refractivity contribution is -0.130. The predicted octanol–water partition coefficient (Wildman–Crippen LogP) is 4.99. The summed E-state index contributed by atoms with van der Waals surface area (Å²) in [5.41, 5.74) is 1.82. The molecular formula is C21H22BrFN2O2. The fourth-order valence-electron chi connectivity index (χ4n) is 3.17. The van der Waals surface area contributed by atoms with Crippen LogP contribution in [0.15, 0.2) is 53.1 Å². The lowest BCUT2D eigenvalue weighted by atomic mass is 10.1. The molecule has 0 aliphatic carbocycles.